The molecule has 0 saturated carbocycles. The van der Waals surface area contributed by atoms with Gasteiger partial charge < -0.3 is 10.0 Å². The average molecular weight is 183 g/mol. The third-order valence-corrected chi connectivity index (χ3v) is 2.81. The molecule has 13 heavy (non-hydrogen) atoms. The molecule has 1 rings (SSSR count). The Morgan fingerprint density at radius 2 is 2.38 bits per heavy atom. The van der Waals surface area contributed by atoms with Crippen LogP contribution in [0.2, 0.25) is 0 Å². The minimum atomic E-state index is 0.339. The molecular formula is C11H21NO. The summed E-state index contributed by atoms with van der Waals surface area (Å²) >= 11 is 0. The fourth-order valence-corrected chi connectivity index (χ4v) is 2.10. The lowest BCUT2D eigenvalue weighted by Gasteiger charge is -2.23. The molecule has 1 N–H and O–H groups in total. The Morgan fingerprint density at radius 1 is 1.54 bits per heavy atom. The predicted octanol–water partition coefficient (Wildman–Crippen LogP) is 1.80. The van der Waals surface area contributed by atoms with Gasteiger partial charge in [0.1, 0.15) is 0 Å². The van der Waals surface area contributed by atoms with E-state index in [2.05, 4.69) is 11.5 Å². The number of hydrogen-bond donors (Lipinski definition) is 1. The molecule has 2 heteroatoms. The molecule has 1 aliphatic heterocycles. The molecule has 76 valence electrons. The summed E-state index contributed by atoms with van der Waals surface area (Å²) in [6.45, 7) is 6.47. The molecule has 0 amide bonds. The van der Waals surface area contributed by atoms with Crippen molar-refractivity contribution in [3.63, 3.8) is 0 Å². The minimum Gasteiger partial charge on any atom is -0.396 e. The molecule has 1 unspecified atom stereocenters. The van der Waals surface area contributed by atoms with Crippen LogP contribution < -0.4 is 0 Å². The van der Waals surface area contributed by atoms with Crippen LogP contribution in [0.3, 0.4) is 0 Å². The van der Waals surface area contributed by atoms with Gasteiger partial charge in [-0.15, -0.1) is 6.58 Å². The van der Waals surface area contributed by atoms with Crippen LogP contribution >= 0.6 is 0 Å². The standard InChI is InChI=1S/C11H21NO/c1-2-3-8-12-9-4-6-11(12)7-5-10-13/h2,11,13H,1,3-10H2. The van der Waals surface area contributed by atoms with Gasteiger partial charge in [-0.05, 0) is 38.6 Å². The first-order chi connectivity index (χ1) is 6.38. The van der Waals surface area contributed by atoms with Crippen molar-refractivity contribution in [3.05, 3.63) is 12.7 Å². The van der Waals surface area contributed by atoms with E-state index in [0.717, 1.165) is 31.8 Å². The van der Waals surface area contributed by atoms with Gasteiger partial charge in [-0.2, -0.15) is 0 Å². The van der Waals surface area contributed by atoms with Crippen LogP contribution in [-0.2, 0) is 0 Å². The first kappa shape index (κ1) is 10.7. The second-order valence-electron chi connectivity index (χ2n) is 3.78. The Kier molecular flexibility index (Phi) is 5.09. The number of rotatable bonds is 6. The van der Waals surface area contributed by atoms with E-state index in [9.17, 15) is 0 Å². The number of likely N-dealkylation sites (tertiary alicyclic amines) is 1. The normalized spacial score (nSPS) is 23.6. The molecule has 1 fully saturated rings. The van der Waals surface area contributed by atoms with Crippen molar-refractivity contribution in [1.29, 1.82) is 0 Å². The van der Waals surface area contributed by atoms with E-state index in [1.807, 2.05) is 6.08 Å². The Morgan fingerprint density at radius 3 is 3.08 bits per heavy atom. The molecule has 0 bridgehead atoms. The molecule has 1 atom stereocenters. The summed E-state index contributed by atoms with van der Waals surface area (Å²) in [7, 11) is 0. The van der Waals surface area contributed by atoms with E-state index >= 15 is 0 Å². The molecule has 2 nitrogen and oxygen atoms in total. The molecule has 1 heterocycles. The summed E-state index contributed by atoms with van der Waals surface area (Å²) in [6, 6.07) is 0.729. The monoisotopic (exact) mass is 183 g/mol. The van der Waals surface area contributed by atoms with E-state index < -0.39 is 0 Å². The van der Waals surface area contributed by atoms with Crippen molar-refractivity contribution in [3.8, 4) is 0 Å². The molecule has 0 radical (unpaired) electrons. The lowest BCUT2D eigenvalue weighted by molar-refractivity contribution is 0.219. The van der Waals surface area contributed by atoms with Crippen molar-refractivity contribution in [1.82, 2.24) is 4.90 Å². The highest BCUT2D eigenvalue weighted by molar-refractivity contribution is 4.81. The molecule has 0 aromatic heterocycles. The van der Waals surface area contributed by atoms with Gasteiger partial charge in [0.15, 0.2) is 0 Å². The van der Waals surface area contributed by atoms with Crippen LogP contribution in [0.5, 0.6) is 0 Å². The van der Waals surface area contributed by atoms with Crippen molar-refractivity contribution in [2.24, 2.45) is 0 Å². The average Bonchev–Trinajstić information content (AvgIpc) is 2.59. The van der Waals surface area contributed by atoms with Gasteiger partial charge >= 0.3 is 0 Å². The van der Waals surface area contributed by atoms with E-state index in [1.54, 1.807) is 0 Å². The van der Waals surface area contributed by atoms with Crippen molar-refractivity contribution >= 4 is 0 Å². The summed E-state index contributed by atoms with van der Waals surface area (Å²) in [5, 5.41) is 8.75. The smallest absolute Gasteiger partial charge is 0.0431 e. The molecule has 0 aliphatic carbocycles. The highest BCUT2D eigenvalue weighted by atomic mass is 16.2. The molecular weight excluding hydrogens is 162 g/mol. The maximum Gasteiger partial charge on any atom is 0.0431 e. The Labute approximate surface area is 81.2 Å². The largest absolute Gasteiger partial charge is 0.396 e. The Bertz CT molecular complexity index is 147. The van der Waals surface area contributed by atoms with E-state index in [-0.39, 0.29) is 0 Å². The highest BCUT2D eigenvalue weighted by Crippen LogP contribution is 2.21. The van der Waals surface area contributed by atoms with Crippen molar-refractivity contribution in [2.45, 2.75) is 38.1 Å². The van der Waals surface area contributed by atoms with Gasteiger partial charge in [0.2, 0.25) is 0 Å². The lowest BCUT2D eigenvalue weighted by atomic mass is 10.1. The second-order valence-corrected chi connectivity index (χ2v) is 3.78. The third kappa shape index (κ3) is 3.49. The third-order valence-electron chi connectivity index (χ3n) is 2.81. The molecule has 1 saturated heterocycles. The van der Waals surface area contributed by atoms with E-state index in [1.165, 1.54) is 19.4 Å². The number of aliphatic hydroxyl groups is 1. The van der Waals surface area contributed by atoms with E-state index in [4.69, 9.17) is 5.11 Å². The number of hydrogen-bond acceptors (Lipinski definition) is 2. The Balaban J connectivity index is 2.21. The second kappa shape index (κ2) is 6.17. The summed E-state index contributed by atoms with van der Waals surface area (Å²) in [5.41, 5.74) is 0. The summed E-state index contributed by atoms with van der Waals surface area (Å²) in [5.74, 6) is 0. The number of aliphatic hydroxyl groups excluding tert-OH is 1. The minimum absolute atomic E-state index is 0.339. The quantitative estimate of drug-likeness (QED) is 0.635. The van der Waals surface area contributed by atoms with Crippen LogP contribution in [0.1, 0.15) is 32.1 Å². The van der Waals surface area contributed by atoms with Crippen LogP contribution in [-0.4, -0.2) is 35.7 Å². The summed E-state index contributed by atoms with van der Waals surface area (Å²) < 4.78 is 0. The first-order valence-corrected chi connectivity index (χ1v) is 5.34. The zero-order chi connectivity index (χ0) is 9.52. The van der Waals surface area contributed by atoms with Gasteiger partial charge in [0.05, 0.1) is 0 Å². The van der Waals surface area contributed by atoms with Gasteiger partial charge in [0.25, 0.3) is 0 Å². The van der Waals surface area contributed by atoms with Gasteiger partial charge in [-0.1, -0.05) is 6.08 Å². The summed E-state index contributed by atoms with van der Waals surface area (Å²) in [4.78, 5) is 2.54. The van der Waals surface area contributed by atoms with Crippen molar-refractivity contribution < 1.29 is 5.11 Å². The SMILES string of the molecule is C=CCCN1CCCC1CCCO. The van der Waals surface area contributed by atoms with E-state index in [0.29, 0.717) is 6.61 Å². The Hall–Kier alpha value is -0.340. The molecule has 0 aromatic carbocycles. The van der Waals surface area contributed by atoms with Crippen LogP contribution in [0.4, 0.5) is 0 Å². The fourth-order valence-electron chi connectivity index (χ4n) is 2.10. The van der Waals surface area contributed by atoms with Crippen LogP contribution in [0, 0.1) is 0 Å². The van der Waals surface area contributed by atoms with Gasteiger partial charge in [0, 0.05) is 19.2 Å². The zero-order valence-corrected chi connectivity index (χ0v) is 8.41. The topological polar surface area (TPSA) is 23.5 Å². The molecule has 0 spiro atoms. The predicted molar refractivity (Wildman–Crippen MR) is 55.7 cm³/mol. The van der Waals surface area contributed by atoms with Gasteiger partial charge in [-0.3, -0.25) is 0 Å². The maximum atomic E-state index is 8.75. The summed E-state index contributed by atoms with van der Waals surface area (Å²) in [6.07, 6.45) is 7.84. The molecule has 0 aromatic rings. The zero-order valence-electron chi connectivity index (χ0n) is 8.41. The van der Waals surface area contributed by atoms with Crippen molar-refractivity contribution in [2.75, 3.05) is 19.7 Å². The first-order valence-electron chi connectivity index (χ1n) is 5.34. The fraction of sp³-hybridized carbons (Fsp3) is 0.818. The highest BCUT2D eigenvalue weighted by Gasteiger charge is 2.22. The molecule has 1 aliphatic rings. The van der Waals surface area contributed by atoms with Crippen LogP contribution in [0.15, 0.2) is 12.7 Å². The van der Waals surface area contributed by atoms with Gasteiger partial charge in [-0.25, -0.2) is 0 Å². The lowest BCUT2D eigenvalue weighted by Crippen LogP contribution is -2.30. The number of nitrogens with zero attached hydrogens (tertiary/aromatic N) is 1. The maximum absolute atomic E-state index is 8.75. The van der Waals surface area contributed by atoms with Crippen LogP contribution in [0.25, 0.3) is 0 Å².